The van der Waals surface area contributed by atoms with Crippen LogP contribution in [0.15, 0.2) is 109 Å². The number of ether oxygens (including phenoxy) is 2. The number of rotatable bonds is 59. The Morgan fingerprint density at radius 1 is 0.400 bits per heavy atom. The Balaban J connectivity index is 4.17. The van der Waals surface area contributed by atoms with E-state index in [1.54, 1.807) is 0 Å². The molecule has 0 heterocycles. The van der Waals surface area contributed by atoms with E-state index in [4.69, 9.17) is 18.5 Å². The molecule has 0 rings (SSSR count). The van der Waals surface area contributed by atoms with E-state index >= 15 is 0 Å². The molecule has 0 aliphatic carbocycles. The molecule has 2 atom stereocenters. The number of hydrogen-bond acceptors (Lipinski definition) is 8. The van der Waals surface area contributed by atoms with Gasteiger partial charge in [-0.1, -0.05) is 264 Å². The molecule has 460 valence electrons. The van der Waals surface area contributed by atoms with Gasteiger partial charge in [0.25, 0.3) is 7.82 Å². The number of quaternary nitrogens is 1. The van der Waals surface area contributed by atoms with E-state index in [9.17, 15) is 19.0 Å². The first-order valence-electron chi connectivity index (χ1n) is 32.6. The number of phosphoric ester groups is 1. The standard InChI is InChI=1S/C70H122NO8P/c1-6-8-10-12-14-16-18-20-22-24-26-28-30-32-33-34-35-36-37-39-41-43-45-47-49-51-53-55-57-59-61-63-70(73)79-68(67-78-80(74,75)77-65-64-71(3,4)5)66-76-69(72)62-60-58-56-54-52-50-48-46-44-42-40-38-31-29-27-25-23-21-19-17-15-13-11-9-7-2/h8,10,14,16,20,22,25-28,32-33,35-36,39,41,45,47,68H,6-7,9,11-13,15,17-19,21,23-24,29-31,34,37-38,40,42-44,46,48-67H2,1-5H3/b10-8-,16-14-,22-20-,27-25-,28-26-,33-32-,36-35-,41-39-,47-45-. The number of likely N-dealkylation sites (N-methyl/N-ethyl adjacent to an activating group) is 1. The highest BCUT2D eigenvalue weighted by Crippen LogP contribution is 2.38. The predicted octanol–water partition coefficient (Wildman–Crippen LogP) is 20.3. The Morgan fingerprint density at radius 3 is 1.07 bits per heavy atom. The van der Waals surface area contributed by atoms with Crippen molar-refractivity contribution in [2.75, 3.05) is 47.5 Å². The molecule has 0 aromatic heterocycles. The molecule has 0 amide bonds. The lowest BCUT2D eigenvalue weighted by atomic mass is 10.0. The summed E-state index contributed by atoms with van der Waals surface area (Å²) in [5, 5.41) is 0. The van der Waals surface area contributed by atoms with Crippen LogP contribution in [-0.2, 0) is 32.7 Å². The van der Waals surface area contributed by atoms with E-state index in [0.29, 0.717) is 17.4 Å². The number of allylic oxidation sites excluding steroid dienone is 18. The van der Waals surface area contributed by atoms with Crippen LogP contribution in [0.5, 0.6) is 0 Å². The van der Waals surface area contributed by atoms with Crippen LogP contribution in [0.4, 0.5) is 0 Å². The van der Waals surface area contributed by atoms with Crippen LogP contribution in [0.1, 0.15) is 271 Å². The van der Waals surface area contributed by atoms with Crippen LogP contribution >= 0.6 is 7.82 Å². The summed E-state index contributed by atoms with van der Waals surface area (Å²) in [4.78, 5) is 38.0. The summed E-state index contributed by atoms with van der Waals surface area (Å²) >= 11 is 0. The Labute approximate surface area is 493 Å². The van der Waals surface area contributed by atoms with Crippen molar-refractivity contribution in [2.45, 2.75) is 277 Å². The summed E-state index contributed by atoms with van der Waals surface area (Å²) in [5.41, 5.74) is 0. The number of carbonyl (C=O) groups is 2. The summed E-state index contributed by atoms with van der Waals surface area (Å²) in [6.07, 6.45) is 84.3. The Hall–Kier alpha value is -3.33. The van der Waals surface area contributed by atoms with Crippen molar-refractivity contribution in [2.24, 2.45) is 0 Å². The van der Waals surface area contributed by atoms with Crippen LogP contribution in [0.25, 0.3) is 0 Å². The van der Waals surface area contributed by atoms with E-state index in [0.717, 1.165) is 109 Å². The predicted molar refractivity (Wildman–Crippen MR) is 342 cm³/mol. The quantitative estimate of drug-likeness (QED) is 0.0195. The van der Waals surface area contributed by atoms with Crippen LogP contribution in [0.2, 0.25) is 0 Å². The fourth-order valence-corrected chi connectivity index (χ4v) is 9.51. The summed E-state index contributed by atoms with van der Waals surface area (Å²) in [5.74, 6) is -0.850. The highest BCUT2D eigenvalue weighted by Gasteiger charge is 2.22. The molecule has 0 N–H and O–H groups in total. The molecule has 0 aliphatic rings. The topological polar surface area (TPSA) is 111 Å². The van der Waals surface area contributed by atoms with Gasteiger partial charge in [0.15, 0.2) is 6.10 Å². The second kappa shape index (κ2) is 60.3. The number of esters is 2. The van der Waals surface area contributed by atoms with Crippen molar-refractivity contribution in [1.82, 2.24) is 0 Å². The van der Waals surface area contributed by atoms with Gasteiger partial charge in [0, 0.05) is 12.8 Å². The first-order valence-corrected chi connectivity index (χ1v) is 34.1. The van der Waals surface area contributed by atoms with Crippen molar-refractivity contribution in [3.05, 3.63) is 109 Å². The van der Waals surface area contributed by atoms with Crippen molar-refractivity contribution >= 4 is 19.8 Å². The minimum atomic E-state index is -4.65. The van der Waals surface area contributed by atoms with Crippen molar-refractivity contribution < 1.29 is 42.1 Å². The number of phosphoric acid groups is 1. The third kappa shape index (κ3) is 63.8. The van der Waals surface area contributed by atoms with Crippen molar-refractivity contribution in [1.29, 1.82) is 0 Å². The maximum Gasteiger partial charge on any atom is 0.306 e. The lowest BCUT2D eigenvalue weighted by molar-refractivity contribution is -0.870. The molecule has 0 saturated heterocycles. The SMILES string of the molecule is CC/C=C\C/C=C\C/C=C\C/C=C\C/C=C\C/C=C\C/C=C\C/C=C\CCCCCCCCC(=O)OC(COC(=O)CCCCCCCCCCCCCCC/C=C\CCCCCCCCCC)COP(=O)([O-])OCC[N+](C)(C)C. The number of hydrogen-bond donors (Lipinski definition) is 0. The minimum absolute atomic E-state index is 0.0388. The fraction of sp³-hybridized carbons (Fsp3) is 0.714. The summed E-state index contributed by atoms with van der Waals surface area (Å²) in [6, 6.07) is 0. The van der Waals surface area contributed by atoms with Crippen molar-refractivity contribution in [3.63, 3.8) is 0 Å². The Morgan fingerprint density at radius 2 is 0.713 bits per heavy atom. The molecular formula is C70H122NO8P. The average Bonchev–Trinajstić information content (AvgIpc) is 3.42. The molecule has 9 nitrogen and oxygen atoms in total. The molecule has 2 unspecified atom stereocenters. The molecule has 0 radical (unpaired) electrons. The molecule has 0 bridgehead atoms. The lowest BCUT2D eigenvalue weighted by Crippen LogP contribution is -2.37. The van der Waals surface area contributed by atoms with E-state index in [1.807, 2.05) is 21.1 Å². The van der Waals surface area contributed by atoms with E-state index < -0.39 is 26.5 Å². The summed E-state index contributed by atoms with van der Waals surface area (Å²) in [6.45, 7) is 4.12. The molecule has 10 heteroatoms. The normalized spacial score (nSPS) is 13.9. The molecular weight excluding hydrogens is 1010 g/mol. The van der Waals surface area contributed by atoms with Gasteiger partial charge < -0.3 is 27.9 Å². The molecule has 0 saturated carbocycles. The van der Waals surface area contributed by atoms with Crippen LogP contribution in [0.3, 0.4) is 0 Å². The molecule has 0 aromatic rings. The first kappa shape index (κ1) is 76.7. The van der Waals surface area contributed by atoms with Gasteiger partial charge in [0.05, 0.1) is 27.7 Å². The van der Waals surface area contributed by atoms with Gasteiger partial charge in [0.1, 0.15) is 19.8 Å². The third-order valence-corrected chi connectivity index (χ3v) is 14.7. The van der Waals surface area contributed by atoms with Crippen LogP contribution < -0.4 is 4.89 Å². The summed E-state index contributed by atoms with van der Waals surface area (Å²) in [7, 11) is 1.15. The smallest absolute Gasteiger partial charge is 0.306 e. The molecule has 0 aliphatic heterocycles. The van der Waals surface area contributed by atoms with E-state index in [2.05, 4.69) is 123 Å². The fourth-order valence-electron chi connectivity index (χ4n) is 8.79. The molecule has 80 heavy (non-hydrogen) atoms. The number of carbonyl (C=O) groups excluding carboxylic acids is 2. The van der Waals surface area contributed by atoms with Gasteiger partial charge in [-0.2, -0.15) is 0 Å². The maximum absolute atomic E-state index is 12.8. The zero-order chi connectivity index (χ0) is 58.4. The van der Waals surface area contributed by atoms with E-state index in [-0.39, 0.29) is 32.0 Å². The van der Waals surface area contributed by atoms with Gasteiger partial charge in [-0.3, -0.25) is 14.2 Å². The zero-order valence-electron chi connectivity index (χ0n) is 52.2. The maximum atomic E-state index is 12.8. The minimum Gasteiger partial charge on any atom is -0.756 e. The Bertz CT molecular complexity index is 1720. The number of nitrogens with zero attached hydrogens (tertiary/aromatic N) is 1. The zero-order valence-corrected chi connectivity index (χ0v) is 53.1. The first-order chi connectivity index (χ1) is 39.0. The average molecular weight is 1140 g/mol. The molecule has 0 aromatic carbocycles. The van der Waals surface area contributed by atoms with Gasteiger partial charge in [-0.15, -0.1) is 0 Å². The van der Waals surface area contributed by atoms with Gasteiger partial charge in [0.2, 0.25) is 0 Å². The summed E-state index contributed by atoms with van der Waals surface area (Å²) < 4.78 is 34.2. The van der Waals surface area contributed by atoms with Gasteiger partial charge in [-0.05, 0) is 103 Å². The van der Waals surface area contributed by atoms with Crippen molar-refractivity contribution in [3.8, 4) is 0 Å². The van der Waals surface area contributed by atoms with E-state index in [1.165, 1.54) is 128 Å². The molecule has 0 spiro atoms. The molecule has 0 fully saturated rings. The van der Waals surface area contributed by atoms with Gasteiger partial charge in [-0.25, -0.2) is 0 Å². The van der Waals surface area contributed by atoms with Gasteiger partial charge >= 0.3 is 11.9 Å². The largest absolute Gasteiger partial charge is 0.756 e. The van der Waals surface area contributed by atoms with Crippen LogP contribution in [0, 0.1) is 0 Å². The second-order valence-corrected chi connectivity index (χ2v) is 24.2. The lowest BCUT2D eigenvalue weighted by Gasteiger charge is -2.28. The number of unbranched alkanes of at least 4 members (excludes halogenated alkanes) is 27. The van der Waals surface area contributed by atoms with Crippen LogP contribution in [-0.4, -0.2) is 70.0 Å². The monoisotopic (exact) mass is 1140 g/mol. The second-order valence-electron chi connectivity index (χ2n) is 22.7. The highest BCUT2D eigenvalue weighted by atomic mass is 31.2. The Kier molecular flexibility index (Phi) is 57.8. The third-order valence-electron chi connectivity index (χ3n) is 13.8. The highest BCUT2D eigenvalue weighted by molar-refractivity contribution is 7.45.